The fraction of sp³-hybridized carbons (Fsp3) is 0.150. The molecule has 1 aliphatic heterocycles. The van der Waals surface area contributed by atoms with E-state index in [2.05, 4.69) is 10.0 Å². The molecule has 1 aromatic heterocycles. The summed E-state index contributed by atoms with van der Waals surface area (Å²) in [6, 6.07) is 14.5. The van der Waals surface area contributed by atoms with Gasteiger partial charge in [0.1, 0.15) is 5.76 Å². The molecule has 0 atom stereocenters. The number of amides is 1. The second-order valence-electron chi connectivity index (χ2n) is 6.30. The minimum atomic E-state index is -3.71. The molecular formula is C20H18N2O6S. The number of carbonyl (C=O) groups excluding carboxylic acids is 1. The average Bonchev–Trinajstić information content (AvgIpc) is 3.42. The number of hydrogen-bond acceptors (Lipinski definition) is 6. The molecule has 8 nitrogen and oxygen atoms in total. The highest BCUT2D eigenvalue weighted by Crippen LogP contribution is 2.32. The van der Waals surface area contributed by atoms with Crippen LogP contribution in [0.4, 0.5) is 0 Å². The highest BCUT2D eigenvalue weighted by Gasteiger charge is 2.16. The zero-order chi connectivity index (χ0) is 20.3. The van der Waals surface area contributed by atoms with E-state index in [9.17, 15) is 13.2 Å². The Morgan fingerprint density at radius 1 is 0.966 bits per heavy atom. The molecule has 0 spiro atoms. The largest absolute Gasteiger partial charge is 0.468 e. The van der Waals surface area contributed by atoms with Gasteiger partial charge in [-0.1, -0.05) is 6.07 Å². The standard InChI is InChI=1S/C20H18N2O6S/c23-20(21-11-14-3-8-18-19(10-14)28-13-27-18)15-4-6-17(7-5-15)29(24,25)22-12-16-2-1-9-26-16/h1-10,22H,11-13H2,(H,21,23). The second-order valence-corrected chi connectivity index (χ2v) is 8.07. The van der Waals surface area contributed by atoms with Crippen LogP contribution in [0.15, 0.2) is 70.2 Å². The molecule has 0 unspecified atom stereocenters. The van der Waals surface area contributed by atoms with Gasteiger partial charge in [0.15, 0.2) is 11.5 Å². The van der Waals surface area contributed by atoms with E-state index in [1.165, 1.54) is 30.5 Å². The lowest BCUT2D eigenvalue weighted by molar-refractivity contribution is 0.0950. The van der Waals surface area contributed by atoms with Crippen molar-refractivity contribution < 1.29 is 27.1 Å². The Bertz CT molecular complexity index is 1110. The van der Waals surface area contributed by atoms with Crippen LogP contribution in [0.2, 0.25) is 0 Å². The molecule has 2 aromatic carbocycles. The van der Waals surface area contributed by atoms with Crippen LogP contribution in [-0.4, -0.2) is 21.1 Å². The summed E-state index contributed by atoms with van der Waals surface area (Å²) in [5.41, 5.74) is 1.22. The van der Waals surface area contributed by atoms with E-state index in [0.717, 1.165) is 5.56 Å². The highest BCUT2D eigenvalue weighted by molar-refractivity contribution is 7.89. The first kappa shape index (κ1) is 19.0. The van der Waals surface area contributed by atoms with Crippen molar-refractivity contribution in [1.82, 2.24) is 10.0 Å². The topological polar surface area (TPSA) is 107 Å². The summed E-state index contributed by atoms with van der Waals surface area (Å²) in [7, 11) is -3.71. The van der Waals surface area contributed by atoms with Crippen LogP contribution in [0.25, 0.3) is 0 Å². The van der Waals surface area contributed by atoms with Crippen molar-refractivity contribution in [2.24, 2.45) is 0 Å². The number of furan rings is 1. The number of ether oxygens (including phenoxy) is 2. The van der Waals surface area contributed by atoms with Crippen LogP contribution < -0.4 is 19.5 Å². The monoisotopic (exact) mass is 414 g/mol. The van der Waals surface area contributed by atoms with Gasteiger partial charge in [0.2, 0.25) is 16.8 Å². The molecule has 4 rings (SSSR count). The number of benzene rings is 2. The van der Waals surface area contributed by atoms with E-state index < -0.39 is 10.0 Å². The smallest absolute Gasteiger partial charge is 0.251 e. The van der Waals surface area contributed by atoms with Crippen LogP contribution in [0, 0.1) is 0 Å². The molecule has 0 bridgehead atoms. The van der Waals surface area contributed by atoms with Gasteiger partial charge in [-0.25, -0.2) is 13.1 Å². The average molecular weight is 414 g/mol. The van der Waals surface area contributed by atoms with Gasteiger partial charge in [0.05, 0.1) is 17.7 Å². The van der Waals surface area contributed by atoms with Gasteiger partial charge >= 0.3 is 0 Å². The lowest BCUT2D eigenvalue weighted by Crippen LogP contribution is -2.24. The van der Waals surface area contributed by atoms with E-state index in [1.807, 2.05) is 12.1 Å². The zero-order valence-corrected chi connectivity index (χ0v) is 16.1. The van der Waals surface area contributed by atoms with Gasteiger partial charge in [0.25, 0.3) is 5.91 Å². The maximum absolute atomic E-state index is 12.3. The predicted octanol–water partition coefficient (Wildman–Crippen LogP) is 2.42. The lowest BCUT2D eigenvalue weighted by Gasteiger charge is -2.08. The maximum atomic E-state index is 12.3. The van der Waals surface area contributed by atoms with E-state index >= 15 is 0 Å². The molecule has 150 valence electrons. The van der Waals surface area contributed by atoms with Crippen molar-refractivity contribution in [3.63, 3.8) is 0 Å². The summed E-state index contributed by atoms with van der Waals surface area (Å²) in [4.78, 5) is 12.4. The Morgan fingerprint density at radius 3 is 2.52 bits per heavy atom. The highest BCUT2D eigenvalue weighted by atomic mass is 32.2. The normalized spacial score (nSPS) is 12.7. The molecule has 1 amide bonds. The molecule has 29 heavy (non-hydrogen) atoms. The molecule has 0 aliphatic carbocycles. The van der Waals surface area contributed by atoms with Crippen molar-refractivity contribution in [2.75, 3.05) is 6.79 Å². The molecule has 1 aliphatic rings. The number of sulfonamides is 1. The molecule has 0 saturated carbocycles. The SMILES string of the molecule is O=C(NCc1ccc2c(c1)OCO2)c1ccc(S(=O)(=O)NCc2ccco2)cc1. The number of fused-ring (bicyclic) bond motifs is 1. The Morgan fingerprint density at radius 2 is 1.76 bits per heavy atom. The number of hydrogen-bond donors (Lipinski definition) is 2. The zero-order valence-electron chi connectivity index (χ0n) is 15.3. The summed E-state index contributed by atoms with van der Waals surface area (Å²) < 4.78 is 42.8. The Kier molecular flexibility index (Phi) is 5.24. The van der Waals surface area contributed by atoms with E-state index in [4.69, 9.17) is 13.9 Å². The number of nitrogens with one attached hydrogen (secondary N) is 2. The molecule has 3 aromatic rings. The fourth-order valence-electron chi connectivity index (χ4n) is 2.78. The van der Waals surface area contributed by atoms with Crippen LogP contribution >= 0.6 is 0 Å². The Balaban J connectivity index is 1.36. The maximum Gasteiger partial charge on any atom is 0.251 e. The summed E-state index contributed by atoms with van der Waals surface area (Å²) in [6.07, 6.45) is 1.47. The first-order valence-electron chi connectivity index (χ1n) is 8.80. The summed E-state index contributed by atoms with van der Waals surface area (Å²) in [5.74, 6) is 1.52. The van der Waals surface area contributed by atoms with Gasteiger partial charge in [-0.3, -0.25) is 4.79 Å². The van der Waals surface area contributed by atoms with E-state index in [1.54, 1.807) is 18.2 Å². The summed E-state index contributed by atoms with van der Waals surface area (Å²) in [6.45, 7) is 0.546. The van der Waals surface area contributed by atoms with Crippen LogP contribution in [-0.2, 0) is 23.1 Å². The van der Waals surface area contributed by atoms with E-state index in [-0.39, 0.29) is 24.1 Å². The van der Waals surface area contributed by atoms with Crippen molar-refractivity contribution in [1.29, 1.82) is 0 Å². The molecule has 0 saturated heterocycles. The van der Waals surface area contributed by atoms with Crippen LogP contribution in [0.3, 0.4) is 0 Å². The molecular weight excluding hydrogens is 396 g/mol. The van der Waals surface area contributed by atoms with Gasteiger partial charge in [-0.05, 0) is 54.1 Å². The van der Waals surface area contributed by atoms with Gasteiger partial charge in [-0.2, -0.15) is 0 Å². The van der Waals surface area contributed by atoms with Crippen molar-refractivity contribution >= 4 is 15.9 Å². The third-order valence-electron chi connectivity index (χ3n) is 4.33. The minimum Gasteiger partial charge on any atom is -0.468 e. The fourth-order valence-corrected chi connectivity index (χ4v) is 3.78. The Labute approximate surface area is 167 Å². The van der Waals surface area contributed by atoms with Gasteiger partial charge in [0, 0.05) is 12.1 Å². The van der Waals surface area contributed by atoms with Crippen molar-refractivity contribution in [3.8, 4) is 11.5 Å². The van der Waals surface area contributed by atoms with E-state index in [0.29, 0.717) is 29.4 Å². The summed E-state index contributed by atoms with van der Waals surface area (Å²) >= 11 is 0. The predicted molar refractivity (Wildman–Crippen MR) is 103 cm³/mol. The summed E-state index contributed by atoms with van der Waals surface area (Å²) in [5, 5.41) is 2.80. The molecule has 2 N–H and O–H groups in total. The molecule has 2 heterocycles. The van der Waals surface area contributed by atoms with Gasteiger partial charge in [-0.15, -0.1) is 0 Å². The second kappa shape index (κ2) is 7.98. The number of rotatable bonds is 7. The van der Waals surface area contributed by atoms with Crippen LogP contribution in [0.5, 0.6) is 11.5 Å². The molecule has 9 heteroatoms. The third kappa shape index (κ3) is 4.41. The molecule has 0 fully saturated rings. The number of carbonyl (C=O) groups is 1. The molecule has 0 radical (unpaired) electrons. The van der Waals surface area contributed by atoms with Crippen molar-refractivity contribution in [3.05, 3.63) is 77.7 Å². The first-order valence-corrected chi connectivity index (χ1v) is 10.3. The first-order chi connectivity index (χ1) is 14.0. The Hall–Kier alpha value is -3.30. The minimum absolute atomic E-state index is 0.0487. The lowest BCUT2D eigenvalue weighted by atomic mass is 10.2. The quantitative estimate of drug-likeness (QED) is 0.615. The van der Waals surface area contributed by atoms with Crippen molar-refractivity contribution in [2.45, 2.75) is 18.0 Å². The third-order valence-corrected chi connectivity index (χ3v) is 5.75. The van der Waals surface area contributed by atoms with Gasteiger partial charge < -0.3 is 19.2 Å². The van der Waals surface area contributed by atoms with Crippen LogP contribution in [0.1, 0.15) is 21.7 Å².